The Labute approximate surface area is 122 Å². The molecule has 0 aliphatic rings. The van der Waals surface area contributed by atoms with Crippen LogP contribution in [0.15, 0.2) is 24.3 Å². The van der Waals surface area contributed by atoms with Crippen molar-refractivity contribution in [3.63, 3.8) is 0 Å². The van der Waals surface area contributed by atoms with Gasteiger partial charge >= 0.3 is 0 Å². The average molecular weight is 296 g/mol. The van der Waals surface area contributed by atoms with Crippen LogP contribution in [-0.2, 0) is 9.53 Å². The van der Waals surface area contributed by atoms with Crippen LogP contribution in [0.3, 0.4) is 0 Å². The van der Waals surface area contributed by atoms with E-state index in [-0.39, 0.29) is 29.2 Å². The Kier molecular flexibility index (Phi) is 6.05. The Bertz CT molecular complexity index is 502. The van der Waals surface area contributed by atoms with Gasteiger partial charge in [-0.25, -0.2) is 0 Å². The smallest absolute Gasteiger partial charge is 0.269 e. The fourth-order valence-corrected chi connectivity index (χ4v) is 1.65. The molecule has 0 saturated heterocycles. The van der Waals surface area contributed by atoms with Crippen molar-refractivity contribution < 1.29 is 14.5 Å². The van der Waals surface area contributed by atoms with Gasteiger partial charge in [-0.2, -0.15) is 0 Å². The van der Waals surface area contributed by atoms with Crippen LogP contribution in [0.25, 0.3) is 0 Å². The van der Waals surface area contributed by atoms with Crippen LogP contribution in [0.2, 0.25) is 0 Å². The van der Waals surface area contributed by atoms with Gasteiger partial charge in [-0.3, -0.25) is 14.9 Å². The number of nitro benzene ring substituents is 1. The second kappa shape index (κ2) is 7.54. The van der Waals surface area contributed by atoms with Gasteiger partial charge in [0, 0.05) is 30.2 Å². The number of non-ortho nitro benzene ring substituents is 1. The van der Waals surface area contributed by atoms with Crippen molar-refractivity contribution in [2.24, 2.45) is 5.92 Å². The highest BCUT2D eigenvalue weighted by atomic mass is 32.1. The molecule has 0 radical (unpaired) electrons. The summed E-state index contributed by atoms with van der Waals surface area (Å²) in [6, 6.07) is 5.81. The number of anilines is 1. The molecule has 0 aliphatic heterocycles. The fourth-order valence-electron chi connectivity index (χ4n) is 1.46. The summed E-state index contributed by atoms with van der Waals surface area (Å²) < 4.78 is 5.27. The minimum absolute atomic E-state index is 0.00421. The number of nitro groups is 1. The lowest BCUT2D eigenvalue weighted by atomic mass is 10.1. The van der Waals surface area contributed by atoms with Gasteiger partial charge < -0.3 is 10.1 Å². The Morgan fingerprint density at radius 2 is 2.05 bits per heavy atom. The molecule has 108 valence electrons. The first kappa shape index (κ1) is 16.0. The molecule has 0 fully saturated rings. The molecule has 1 aromatic rings. The average Bonchev–Trinajstić information content (AvgIpc) is 2.44. The lowest BCUT2D eigenvalue weighted by Gasteiger charge is -2.13. The molecule has 6 nitrogen and oxygen atoms in total. The zero-order valence-corrected chi connectivity index (χ0v) is 12.1. The second-order valence-electron chi connectivity index (χ2n) is 4.25. The van der Waals surface area contributed by atoms with Crippen molar-refractivity contribution in [1.29, 1.82) is 0 Å². The van der Waals surface area contributed by atoms with Crippen LogP contribution < -0.4 is 5.32 Å². The van der Waals surface area contributed by atoms with E-state index in [1.165, 1.54) is 24.3 Å². The van der Waals surface area contributed by atoms with E-state index in [0.717, 1.165) is 0 Å². The number of hydrogen-bond donors (Lipinski definition) is 1. The van der Waals surface area contributed by atoms with Gasteiger partial charge in [0.05, 0.1) is 4.92 Å². The number of benzene rings is 1. The minimum atomic E-state index is -0.476. The number of rotatable bonds is 6. The quantitative estimate of drug-likeness (QED) is 0.494. The molecular weight excluding hydrogens is 280 g/mol. The number of hydrogen-bond acceptors (Lipinski definition) is 5. The molecule has 20 heavy (non-hydrogen) atoms. The van der Waals surface area contributed by atoms with Crippen molar-refractivity contribution in [2.75, 3.05) is 11.9 Å². The Morgan fingerprint density at radius 1 is 1.45 bits per heavy atom. The Balaban J connectivity index is 2.46. The molecule has 1 N–H and O–H groups in total. The van der Waals surface area contributed by atoms with E-state index in [1.807, 2.05) is 0 Å². The first-order chi connectivity index (χ1) is 9.43. The molecular formula is C13H16N2O4S. The van der Waals surface area contributed by atoms with Crippen LogP contribution in [0.5, 0.6) is 0 Å². The zero-order valence-electron chi connectivity index (χ0n) is 11.3. The molecule has 0 spiro atoms. The molecule has 0 heterocycles. The first-order valence-electron chi connectivity index (χ1n) is 6.15. The summed E-state index contributed by atoms with van der Waals surface area (Å²) in [6.07, 6.45) is 0.465. The number of nitrogens with one attached hydrogen (secondary N) is 1. The third-order valence-electron chi connectivity index (χ3n) is 2.69. The van der Waals surface area contributed by atoms with Crippen molar-refractivity contribution in [3.05, 3.63) is 34.4 Å². The largest absolute Gasteiger partial charge is 0.470 e. The van der Waals surface area contributed by atoms with E-state index in [2.05, 4.69) is 5.32 Å². The van der Waals surface area contributed by atoms with E-state index in [0.29, 0.717) is 12.1 Å². The van der Waals surface area contributed by atoms with Crippen molar-refractivity contribution in [2.45, 2.75) is 20.3 Å². The van der Waals surface area contributed by atoms with Crippen molar-refractivity contribution in [3.8, 4) is 0 Å². The van der Waals surface area contributed by atoms with Gasteiger partial charge in [-0.05, 0) is 24.4 Å². The topological polar surface area (TPSA) is 81.5 Å². The monoisotopic (exact) mass is 296 g/mol. The number of carbonyl (C=O) groups excluding carboxylic acids is 1. The highest BCUT2D eigenvalue weighted by molar-refractivity contribution is 7.80. The normalized spacial score (nSPS) is 11.5. The predicted octanol–water partition coefficient (Wildman–Crippen LogP) is 2.92. The highest BCUT2D eigenvalue weighted by Crippen LogP contribution is 2.15. The van der Waals surface area contributed by atoms with E-state index >= 15 is 0 Å². The van der Waals surface area contributed by atoms with Crippen molar-refractivity contribution >= 4 is 34.6 Å². The zero-order chi connectivity index (χ0) is 15.1. The minimum Gasteiger partial charge on any atom is -0.470 e. The molecule has 0 aromatic heterocycles. The van der Waals surface area contributed by atoms with Gasteiger partial charge in [0.1, 0.15) is 12.4 Å². The van der Waals surface area contributed by atoms with Gasteiger partial charge in [-0.15, -0.1) is 0 Å². The maximum absolute atomic E-state index is 11.4. The summed E-state index contributed by atoms with van der Waals surface area (Å²) in [4.78, 5) is 21.4. The summed E-state index contributed by atoms with van der Waals surface area (Å²) in [5, 5.41) is 13.4. The van der Waals surface area contributed by atoms with Crippen molar-refractivity contribution in [1.82, 2.24) is 0 Å². The highest BCUT2D eigenvalue weighted by Gasteiger charge is 2.12. The van der Waals surface area contributed by atoms with Gasteiger partial charge in [0.15, 0.2) is 0 Å². The molecule has 0 aliphatic carbocycles. The standard InChI is InChI=1S/C13H16N2O4S/c1-3-12(16)9(2)8-19-13(20)14-10-4-6-11(7-5-10)15(17)18/h4-7,9H,3,8H2,1-2H3,(H,14,20). The van der Waals surface area contributed by atoms with Gasteiger partial charge in [0.2, 0.25) is 0 Å². The molecule has 0 amide bonds. The number of ether oxygens (including phenoxy) is 1. The van der Waals surface area contributed by atoms with Crippen LogP contribution in [0.1, 0.15) is 20.3 Å². The molecule has 0 bridgehead atoms. The van der Waals surface area contributed by atoms with Crippen LogP contribution in [-0.4, -0.2) is 22.5 Å². The summed E-state index contributed by atoms with van der Waals surface area (Å²) in [5.74, 6) is -0.0975. The lowest BCUT2D eigenvalue weighted by molar-refractivity contribution is -0.384. The summed E-state index contributed by atoms with van der Waals surface area (Å²) >= 11 is 4.98. The van der Waals surface area contributed by atoms with E-state index in [4.69, 9.17) is 17.0 Å². The van der Waals surface area contributed by atoms with E-state index in [1.54, 1.807) is 13.8 Å². The Hall–Kier alpha value is -2.02. The van der Waals surface area contributed by atoms with E-state index in [9.17, 15) is 14.9 Å². The number of nitrogens with zero attached hydrogens (tertiary/aromatic N) is 1. The molecule has 1 aromatic carbocycles. The van der Waals surface area contributed by atoms with Crippen LogP contribution in [0, 0.1) is 16.0 Å². The number of thiocarbonyl (C=S) groups is 1. The van der Waals surface area contributed by atoms with E-state index < -0.39 is 4.92 Å². The third-order valence-corrected chi connectivity index (χ3v) is 2.91. The lowest BCUT2D eigenvalue weighted by Crippen LogP contribution is -2.21. The molecule has 7 heteroatoms. The first-order valence-corrected chi connectivity index (χ1v) is 6.55. The maximum Gasteiger partial charge on any atom is 0.269 e. The molecule has 1 unspecified atom stereocenters. The number of Topliss-reactive ketones (excluding diaryl/α,β-unsaturated/α-hetero) is 1. The summed E-state index contributed by atoms with van der Waals surface area (Å²) in [6.45, 7) is 3.79. The maximum atomic E-state index is 11.4. The Morgan fingerprint density at radius 3 is 2.55 bits per heavy atom. The molecule has 1 rings (SSSR count). The van der Waals surface area contributed by atoms with Crippen LogP contribution >= 0.6 is 12.2 Å². The SMILES string of the molecule is CCC(=O)C(C)COC(=S)Nc1ccc([N+](=O)[O-])cc1. The van der Waals surface area contributed by atoms with Gasteiger partial charge in [-0.1, -0.05) is 13.8 Å². The summed E-state index contributed by atoms with van der Waals surface area (Å²) in [5.41, 5.74) is 0.597. The molecule has 0 saturated carbocycles. The summed E-state index contributed by atoms with van der Waals surface area (Å²) in [7, 11) is 0. The third kappa shape index (κ3) is 4.93. The number of carbonyl (C=O) groups is 1. The predicted molar refractivity (Wildman–Crippen MR) is 79.7 cm³/mol. The second-order valence-corrected chi connectivity index (χ2v) is 4.62. The van der Waals surface area contributed by atoms with Crippen LogP contribution in [0.4, 0.5) is 11.4 Å². The fraction of sp³-hybridized carbons (Fsp3) is 0.385. The van der Waals surface area contributed by atoms with Gasteiger partial charge in [0.25, 0.3) is 10.9 Å². The number of ketones is 1. The molecule has 1 atom stereocenters.